The lowest BCUT2D eigenvalue weighted by molar-refractivity contribution is -0.387. The fourth-order valence-corrected chi connectivity index (χ4v) is 4.48. The number of sulfone groups is 1. The molecule has 1 amide bonds. The third kappa shape index (κ3) is 4.10. The zero-order valence-electron chi connectivity index (χ0n) is 14.5. The van der Waals surface area contributed by atoms with Crippen LogP contribution in [0, 0.1) is 15.9 Å². The number of carbonyl (C=O) groups excluding carboxylic acids is 1. The smallest absolute Gasteiger partial charge is 0.289 e. The third-order valence-corrected chi connectivity index (χ3v) is 6.26. The Kier molecular flexibility index (Phi) is 5.62. The molecule has 0 atom stereocenters. The lowest BCUT2D eigenvalue weighted by Gasteiger charge is -2.09. The molecular formula is C19H12ClFN2O5S. The second kappa shape index (κ2) is 7.98. The lowest BCUT2D eigenvalue weighted by atomic mass is 10.2. The van der Waals surface area contributed by atoms with Crippen molar-refractivity contribution in [1.29, 1.82) is 0 Å². The number of nitrogens with one attached hydrogen (secondary N) is 1. The summed E-state index contributed by atoms with van der Waals surface area (Å²) in [5.74, 6) is -1.52. The molecule has 1 N–H and O–H groups in total. The highest BCUT2D eigenvalue weighted by Gasteiger charge is 2.30. The van der Waals surface area contributed by atoms with Gasteiger partial charge in [0, 0.05) is 11.6 Å². The van der Waals surface area contributed by atoms with E-state index in [0.717, 1.165) is 24.3 Å². The van der Waals surface area contributed by atoms with E-state index in [0.29, 0.717) is 0 Å². The van der Waals surface area contributed by atoms with Gasteiger partial charge in [0.15, 0.2) is 0 Å². The van der Waals surface area contributed by atoms with Gasteiger partial charge >= 0.3 is 0 Å². The number of nitro benzene ring substituents is 1. The first-order valence-electron chi connectivity index (χ1n) is 8.06. The summed E-state index contributed by atoms with van der Waals surface area (Å²) in [6, 6.07) is 13.8. The fourth-order valence-electron chi connectivity index (χ4n) is 2.57. The van der Waals surface area contributed by atoms with Crippen molar-refractivity contribution in [3.8, 4) is 0 Å². The van der Waals surface area contributed by atoms with E-state index >= 15 is 0 Å². The number of carbonyl (C=O) groups is 1. The van der Waals surface area contributed by atoms with Crippen molar-refractivity contribution in [3.63, 3.8) is 0 Å². The summed E-state index contributed by atoms with van der Waals surface area (Å²) >= 11 is 5.93. The number of hydrogen-bond donors (Lipinski definition) is 1. The highest BCUT2D eigenvalue weighted by molar-refractivity contribution is 7.91. The normalized spacial score (nSPS) is 11.1. The number of nitro groups is 1. The summed E-state index contributed by atoms with van der Waals surface area (Å²) < 4.78 is 39.4. The molecule has 10 heteroatoms. The molecule has 148 valence electrons. The third-order valence-electron chi connectivity index (χ3n) is 3.96. The van der Waals surface area contributed by atoms with Crippen molar-refractivity contribution in [2.45, 2.75) is 9.79 Å². The van der Waals surface area contributed by atoms with Gasteiger partial charge < -0.3 is 5.32 Å². The average molecular weight is 435 g/mol. The molecular weight excluding hydrogens is 423 g/mol. The summed E-state index contributed by atoms with van der Waals surface area (Å²) in [7, 11) is -4.32. The lowest BCUT2D eigenvalue weighted by Crippen LogP contribution is -2.14. The molecule has 7 nitrogen and oxygen atoms in total. The predicted octanol–water partition coefficient (Wildman–Crippen LogP) is 4.47. The van der Waals surface area contributed by atoms with Crippen LogP contribution in [0.2, 0.25) is 5.02 Å². The van der Waals surface area contributed by atoms with Crippen LogP contribution in [0.4, 0.5) is 15.8 Å². The Morgan fingerprint density at radius 2 is 1.66 bits per heavy atom. The van der Waals surface area contributed by atoms with Gasteiger partial charge in [-0.25, -0.2) is 12.8 Å². The van der Waals surface area contributed by atoms with Crippen LogP contribution < -0.4 is 5.32 Å². The number of rotatable bonds is 5. The van der Waals surface area contributed by atoms with Gasteiger partial charge in [-0.2, -0.15) is 0 Å². The van der Waals surface area contributed by atoms with E-state index in [1.165, 1.54) is 42.5 Å². The Morgan fingerprint density at radius 3 is 2.31 bits per heavy atom. The molecule has 0 radical (unpaired) electrons. The van der Waals surface area contributed by atoms with E-state index in [1.807, 2.05) is 0 Å². The van der Waals surface area contributed by atoms with Crippen LogP contribution in [0.3, 0.4) is 0 Å². The van der Waals surface area contributed by atoms with Gasteiger partial charge in [0.05, 0.1) is 20.5 Å². The minimum absolute atomic E-state index is 0.0943. The zero-order valence-corrected chi connectivity index (χ0v) is 16.1. The second-order valence-electron chi connectivity index (χ2n) is 5.81. The molecule has 0 aromatic heterocycles. The summed E-state index contributed by atoms with van der Waals surface area (Å²) in [5.41, 5.74) is -1.13. The van der Waals surface area contributed by atoms with Crippen molar-refractivity contribution < 1.29 is 22.5 Å². The summed E-state index contributed by atoms with van der Waals surface area (Å²) in [6.07, 6.45) is 0. The number of para-hydroxylation sites is 1. The van der Waals surface area contributed by atoms with Gasteiger partial charge in [0.25, 0.3) is 11.6 Å². The maximum atomic E-state index is 13.7. The van der Waals surface area contributed by atoms with Crippen LogP contribution in [0.15, 0.2) is 76.5 Å². The number of halogens is 2. The number of amides is 1. The van der Waals surface area contributed by atoms with Gasteiger partial charge in [0.1, 0.15) is 10.7 Å². The van der Waals surface area contributed by atoms with Crippen LogP contribution in [0.1, 0.15) is 10.4 Å². The Balaban J connectivity index is 2.04. The molecule has 0 unspecified atom stereocenters. The van der Waals surface area contributed by atoms with Gasteiger partial charge in [-0.15, -0.1) is 0 Å². The van der Waals surface area contributed by atoms with Crippen LogP contribution in [-0.2, 0) is 9.84 Å². The molecule has 0 fully saturated rings. The first kappa shape index (κ1) is 20.4. The number of anilines is 1. The SMILES string of the molecule is O=C(Nc1ccccc1F)c1ccc(S(=O)(=O)c2ccccc2Cl)c([N+](=O)[O-])c1. The zero-order chi connectivity index (χ0) is 21.2. The Morgan fingerprint density at radius 1 is 1.00 bits per heavy atom. The Hall–Kier alpha value is -3.30. The van der Waals surface area contributed by atoms with Crippen LogP contribution in [0.5, 0.6) is 0 Å². The first-order chi connectivity index (χ1) is 13.7. The van der Waals surface area contributed by atoms with Crippen molar-refractivity contribution >= 4 is 38.7 Å². The quantitative estimate of drug-likeness (QED) is 0.471. The van der Waals surface area contributed by atoms with E-state index in [2.05, 4.69) is 5.32 Å². The highest BCUT2D eigenvalue weighted by Crippen LogP contribution is 2.33. The van der Waals surface area contributed by atoms with Gasteiger partial charge in [-0.05, 0) is 36.4 Å². The number of benzene rings is 3. The van der Waals surface area contributed by atoms with E-state index in [1.54, 1.807) is 0 Å². The van der Waals surface area contributed by atoms with Crippen molar-refractivity contribution in [2.75, 3.05) is 5.32 Å². The molecule has 0 aliphatic rings. The maximum absolute atomic E-state index is 13.7. The average Bonchev–Trinajstić information content (AvgIpc) is 2.69. The van der Waals surface area contributed by atoms with Crippen LogP contribution in [0.25, 0.3) is 0 Å². The minimum Gasteiger partial charge on any atom is -0.319 e. The molecule has 0 saturated carbocycles. The van der Waals surface area contributed by atoms with E-state index < -0.39 is 37.1 Å². The summed E-state index contributed by atoms with van der Waals surface area (Å²) in [4.78, 5) is 22.0. The molecule has 3 rings (SSSR count). The predicted molar refractivity (Wildman–Crippen MR) is 104 cm³/mol. The van der Waals surface area contributed by atoms with Crippen molar-refractivity contribution in [3.05, 3.63) is 93.2 Å². The monoisotopic (exact) mass is 434 g/mol. The molecule has 3 aromatic carbocycles. The minimum atomic E-state index is -4.32. The van der Waals surface area contributed by atoms with Gasteiger partial charge in [-0.1, -0.05) is 35.9 Å². The second-order valence-corrected chi connectivity index (χ2v) is 8.10. The van der Waals surface area contributed by atoms with Crippen molar-refractivity contribution in [1.82, 2.24) is 0 Å². The van der Waals surface area contributed by atoms with Crippen molar-refractivity contribution in [2.24, 2.45) is 0 Å². The standard InChI is InChI=1S/C19H12ClFN2O5S/c20-13-5-1-4-8-17(13)29(27,28)18-10-9-12(11-16(18)23(25)26)19(24)22-15-7-3-2-6-14(15)21/h1-11H,(H,22,24). The Bertz CT molecular complexity index is 1230. The molecule has 29 heavy (non-hydrogen) atoms. The highest BCUT2D eigenvalue weighted by atomic mass is 35.5. The molecule has 0 saturated heterocycles. The topological polar surface area (TPSA) is 106 Å². The molecule has 0 spiro atoms. The van der Waals surface area contributed by atoms with Crippen LogP contribution in [-0.4, -0.2) is 19.2 Å². The number of nitrogens with zero attached hydrogens (tertiary/aromatic N) is 1. The molecule has 0 bridgehead atoms. The van der Waals surface area contributed by atoms with Gasteiger partial charge in [0.2, 0.25) is 9.84 Å². The molecule has 0 heterocycles. The maximum Gasteiger partial charge on any atom is 0.289 e. The van der Waals surface area contributed by atoms with Gasteiger partial charge in [-0.3, -0.25) is 14.9 Å². The Labute approximate surface area is 169 Å². The van der Waals surface area contributed by atoms with E-state index in [9.17, 15) is 27.7 Å². The number of hydrogen-bond acceptors (Lipinski definition) is 5. The fraction of sp³-hybridized carbons (Fsp3) is 0. The molecule has 0 aliphatic carbocycles. The van der Waals surface area contributed by atoms with E-state index in [-0.39, 0.29) is 21.2 Å². The molecule has 3 aromatic rings. The van der Waals surface area contributed by atoms with E-state index in [4.69, 9.17) is 11.6 Å². The largest absolute Gasteiger partial charge is 0.319 e. The van der Waals surface area contributed by atoms with Crippen LogP contribution >= 0.6 is 11.6 Å². The summed E-state index contributed by atoms with van der Waals surface area (Å²) in [5, 5.41) is 13.7. The first-order valence-corrected chi connectivity index (χ1v) is 9.92. The summed E-state index contributed by atoms with van der Waals surface area (Å²) in [6.45, 7) is 0. The molecule has 0 aliphatic heterocycles.